The maximum atomic E-state index is 14.0. The molecule has 1 saturated heterocycles. The predicted octanol–water partition coefficient (Wildman–Crippen LogP) is 5.67. The predicted molar refractivity (Wildman–Crippen MR) is 144 cm³/mol. The third kappa shape index (κ3) is 4.06. The molecule has 0 radical (unpaired) electrons. The molecule has 1 aliphatic rings. The first-order chi connectivity index (χ1) is 18.6. The molecule has 0 saturated carbocycles. The van der Waals surface area contributed by atoms with Crippen LogP contribution in [-0.2, 0) is 6.54 Å². The summed E-state index contributed by atoms with van der Waals surface area (Å²) < 4.78 is 14.0. The number of rotatable bonds is 5. The minimum absolute atomic E-state index is 0.167. The zero-order valence-corrected chi connectivity index (χ0v) is 20.4. The summed E-state index contributed by atoms with van der Waals surface area (Å²) in [4.78, 5) is 19.5. The van der Waals surface area contributed by atoms with Crippen molar-refractivity contribution in [2.24, 2.45) is 0 Å². The number of benzene rings is 2. The van der Waals surface area contributed by atoms with Gasteiger partial charge in [-0.15, -0.1) is 0 Å². The molecule has 1 fully saturated rings. The summed E-state index contributed by atoms with van der Waals surface area (Å²) in [6, 6.07) is 14.1. The Morgan fingerprint density at radius 3 is 2.66 bits per heavy atom. The van der Waals surface area contributed by atoms with Crippen molar-refractivity contribution in [1.82, 2.24) is 35.0 Å². The van der Waals surface area contributed by atoms with Gasteiger partial charge in [0.15, 0.2) is 5.82 Å². The van der Waals surface area contributed by atoms with E-state index in [2.05, 4.69) is 48.2 Å². The molecule has 188 valence electrons. The lowest BCUT2D eigenvalue weighted by Gasteiger charge is -2.14. The average molecular weight is 506 g/mol. The van der Waals surface area contributed by atoms with Gasteiger partial charge in [0.2, 0.25) is 0 Å². The molecule has 38 heavy (non-hydrogen) atoms. The molecule has 2 aromatic carbocycles. The lowest BCUT2D eigenvalue weighted by molar-refractivity contribution is 0.331. The summed E-state index contributed by atoms with van der Waals surface area (Å²) in [6.45, 7) is 3.20. The van der Waals surface area contributed by atoms with Crippen molar-refractivity contribution >= 4 is 21.9 Å². The van der Waals surface area contributed by atoms with Crippen LogP contribution in [0.25, 0.3) is 55.8 Å². The molecule has 6 aromatic rings. The molecule has 8 nitrogen and oxygen atoms in total. The number of fused-ring (bicyclic) bond motifs is 2. The Bertz CT molecular complexity index is 1780. The molecular weight excluding hydrogens is 481 g/mol. The van der Waals surface area contributed by atoms with Gasteiger partial charge < -0.3 is 10.1 Å². The Labute approximate surface area is 217 Å². The van der Waals surface area contributed by atoms with E-state index >= 15 is 0 Å². The number of nitrogens with one attached hydrogen (secondary N) is 2. The van der Waals surface area contributed by atoms with E-state index in [1.165, 1.54) is 30.5 Å². The van der Waals surface area contributed by atoms with Crippen LogP contribution in [0.2, 0.25) is 0 Å². The van der Waals surface area contributed by atoms with E-state index in [-0.39, 0.29) is 5.75 Å². The van der Waals surface area contributed by atoms with Crippen LogP contribution in [0.15, 0.2) is 67.1 Å². The van der Waals surface area contributed by atoms with Crippen molar-refractivity contribution in [1.29, 1.82) is 0 Å². The summed E-state index contributed by atoms with van der Waals surface area (Å²) in [5.74, 6) is -0.141. The largest absolute Gasteiger partial charge is 0.508 e. The molecule has 1 aliphatic heterocycles. The standard InChI is InChI=1S/C29H24FN7O/c30-21-10-19(11-22(38)13-21)26-28-25(5-6-32-26)33-29(34-28)27-23-12-18(3-4-24(23)35-36-27)20-9-17(14-31-15-20)16-37-7-1-2-8-37/h3-6,9-15,38H,1-2,7-8,16H2,(H,33,34)(H,35,36). The van der Waals surface area contributed by atoms with Crippen LogP contribution in [0.1, 0.15) is 18.4 Å². The normalized spacial score (nSPS) is 14.1. The minimum atomic E-state index is -0.542. The van der Waals surface area contributed by atoms with Gasteiger partial charge in [-0.3, -0.25) is 20.0 Å². The van der Waals surface area contributed by atoms with Crippen molar-refractivity contribution < 1.29 is 9.50 Å². The molecule has 7 rings (SSSR count). The first-order valence-electron chi connectivity index (χ1n) is 12.6. The van der Waals surface area contributed by atoms with Crippen molar-refractivity contribution in [2.75, 3.05) is 13.1 Å². The third-order valence-electron chi connectivity index (χ3n) is 7.08. The van der Waals surface area contributed by atoms with Crippen LogP contribution >= 0.6 is 0 Å². The smallest absolute Gasteiger partial charge is 0.159 e. The second-order valence-corrected chi connectivity index (χ2v) is 9.74. The van der Waals surface area contributed by atoms with E-state index in [1.807, 2.05) is 24.5 Å². The quantitative estimate of drug-likeness (QED) is 0.279. The van der Waals surface area contributed by atoms with Crippen molar-refractivity contribution in [3.63, 3.8) is 0 Å². The Morgan fingerprint density at radius 1 is 0.895 bits per heavy atom. The molecule has 5 heterocycles. The van der Waals surface area contributed by atoms with Crippen LogP contribution in [0, 0.1) is 5.82 Å². The van der Waals surface area contributed by atoms with E-state index in [0.717, 1.165) is 53.2 Å². The molecule has 3 N–H and O–H groups in total. The molecule has 9 heteroatoms. The van der Waals surface area contributed by atoms with Crippen molar-refractivity contribution in [3.05, 3.63) is 78.5 Å². The third-order valence-corrected chi connectivity index (χ3v) is 7.08. The van der Waals surface area contributed by atoms with E-state index in [0.29, 0.717) is 28.3 Å². The number of likely N-dealkylation sites (tertiary alicyclic amines) is 1. The fourth-order valence-corrected chi connectivity index (χ4v) is 5.27. The zero-order chi connectivity index (χ0) is 25.6. The first-order valence-corrected chi connectivity index (χ1v) is 12.6. The van der Waals surface area contributed by atoms with Crippen LogP contribution < -0.4 is 0 Å². The molecule has 0 aliphatic carbocycles. The van der Waals surface area contributed by atoms with Gasteiger partial charge in [0.05, 0.1) is 16.7 Å². The van der Waals surface area contributed by atoms with Gasteiger partial charge in [0, 0.05) is 47.7 Å². The maximum Gasteiger partial charge on any atom is 0.159 e. The highest BCUT2D eigenvalue weighted by Gasteiger charge is 2.18. The van der Waals surface area contributed by atoms with Gasteiger partial charge in [-0.1, -0.05) is 6.07 Å². The van der Waals surface area contributed by atoms with Gasteiger partial charge in [-0.2, -0.15) is 5.10 Å². The zero-order valence-electron chi connectivity index (χ0n) is 20.4. The monoisotopic (exact) mass is 505 g/mol. The number of aromatic nitrogens is 6. The molecule has 0 atom stereocenters. The highest BCUT2D eigenvalue weighted by molar-refractivity contribution is 5.97. The fourth-order valence-electron chi connectivity index (χ4n) is 5.27. The summed E-state index contributed by atoms with van der Waals surface area (Å²) in [6.07, 6.45) is 7.99. The Hall–Kier alpha value is -4.63. The summed E-state index contributed by atoms with van der Waals surface area (Å²) in [5, 5.41) is 18.5. The molecule has 4 aromatic heterocycles. The van der Waals surface area contributed by atoms with E-state index in [1.54, 1.807) is 6.20 Å². The van der Waals surface area contributed by atoms with Gasteiger partial charge in [-0.25, -0.2) is 9.37 Å². The molecule has 0 bridgehead atoms. The highest BCUT2D eigenvalue weighted by atomic mass is 19.1. The molecule has 0 unspecified atom stereocenters. The number of nitrogens with zero attached hydrogens (tertiary/aromatic N) is 5. The lowest BCUT2D eigenvalue weighted by Crippen LogP contribution is -2.18. The Balaban J connectivity index is 1.28. The number of halogens is 1. The highest BCUT2D eigenvalue weighted by Crippen LogP contribution is 2.33. The minimum Gasteiger partial charge on any atom is -0.508 e. The molecule has 0 amide bonds. The number of pyridine rings is 2. The first kappa shape index (κ1) is 22.6. The summed E-state index contributed by atoms with van der Waals surface area (Å²) in [5.41, 5.74) is 7.09. The lowest BCUT2D eigenvalue weighted by atomic mass is 10.0. The van der Waals surface area contributed by atoms with Gasteiger partial charge in [0.1, 0.15) is 22.8 Å². The number of imidazole rings is 1. The van der Waals surface area contributed by atoms with Gasteiger partial charge >= 0.3 is 0 Å². The molecular formula is C29H24FN7O. The second-order valence-electron chi connectivity index (χ2n) is 9.74. The molecule has 0 spiro atoms. The van der Waals surface area contributed by atoms with E-state index < -0.39 is 5.82 Å². The number of phenolic OH excluding ortho intramolecular Hbond substituents is 1. The van der Waals surface area contributed by atoms with Crippen LogP contribution in [0.5, 0.6) is 5.75 Å². The van der Waals surface area contributed by atoms with Crippen LogP contribution in [-0.4, -0.2) is 53.2 Å². The number of hydrogen-bond donors (Lipinski definition) is 3. The van der Waals surface area contributed by atoms with Crippen molar-refractivity contribution in [3.8, 4) is 39.7 Å². The van der Waals surface area contributed by atoms with Crippen LogP contribution in [0.4, 0.5) is 4.39 Å². The average Bonchev–Trinajstić information content (AvgIpc) is 3.67. The Kier molecular flexibility index (Phi) is 5.36. The number of aromatic amines is 2. The second kappa shape index (κ2) is 9.04. The van der Waals surface area contributed by atoms with E-state index in [4.69, 9.17) is 4.98 Å². The van der Waals surface area contributed by atoms with Gasteiger partial charge in [0.25, 0.3) is 0 Å². The van der Waals surface area contributed by atoms with Crippen LogP contribution in [0.3, 0.4) is 0 Å². The fraction of sp³-hybridized carbons (Fsp3) is 0.172. The van der Waals surface area contributed by atoms with Crippen molar-refractivity contribution in [2.45, 2.75) is 19.4 Å². The van der Waals surface area contributed by atoms with Gasteiger partial charge in [-0.05, 0) is 73.5 Å². The maximum absolute atomic E-state index is 14.0. The Morgan fingerprint density at radius 2 is 1.79 bits per heavy atom. The number of H-pyrrole nitrogens is 2. The van der Waals surface area contributed by atoms with E-state index in [9.17, 15) is 9.50 Å². The number of aromatic hydroxyl groups is 1. The number of phenols is 1. The topological polar surface area (TPSA) is 107 Å². The summed E-state index contributed by atoms with van der Waals surface area (Å²) >= 11 is 0. The summed E-state index contributed by atoms with van der Waals surface area (Å²) in [7, 11) is 0. The number of hydrogen-bond acceptors (Lipinski definition) is 6. The SMILES string of the molecule is Oc1cc(F)cc(-c2nccc3[nH]c(-c4n[nH]c5ccc(-c6cncc(CN7CCCC7)c6)cc45)nc23)c1.